The van der Waals surface area contributed by atoms with Crippen LogP contribution in [0.15, 0.2) is 114 Å². The Labute approximate surface area is 263 Å². The van der Waals surface area contributed by atoms with Crippen LogP contribution in [0.1, 0.15) is 52.6 Å². The molecule has 230 valence electrons. The van der Waals surface area contributed by atoms with E-state index in [0.717, 1.165) is 24.3 Å². The number of carbonyl (C=O) groups excluding carboxylic acids is 3. The maximum atomic E-state index is 13.3. The lowest BCUT2D eigenvalue weighted by atomic mass is 10.1. The maximum Gasteiger partial charge on any atom is 0.343 e. The summed E-state index contributed by atoms with van der Waals surface area (Å²) in [5.74, 6) is -0.942. The predicted molar refractivity (Wildman–Crippen MR) is 177 cm³/mol. The van der Waals surface area contributed by atoms with E-state index in [0.29, 0.717) is 29.0 Å². The molecule has 0 aliphatic rings. The molecule has 45 heavy (non-hydrogen) atoms. The molecule has 0 aliphatic carbocycles. The van der Waals surface area contributed by atoms with Gasteiger partial charge in [0.05, 0.1) is 18.4 Å². The highest BCUT2D eigenvalue weighted by atomic mass is 16.6. The first-order chi connectivity index (χ1) is 21.9. The van der Waals surface area contributed by atoms with E-state index in [1.54, 1.807) is 72.8 Å². The van der Waals surface area contributed by atoms with Gasteiger partial charge >= 0.3 is 5.97 Å². The second-order valence-corrected chi connectivity index (χ2v) is 9.74. The Hall–Kier alpha value is -5.70. The summed E-state index contributed by atoms with van der Waals surface area (Å²) in [4.78, 5) is 41.0. The van der Waals surface area contributed by atoms with Gasteiger partial charge in [-0.05, 0) is 92.6 Å². The highest BCUT2D eigenvalue weighted by Gasteiger charge is 2.16. The van der Waals surface area contributed by atoms with Crippen molar-refractivity contribution in [1.29, 1.82) is 0 Å². The van der Waals surface area contributed by atoms with E-state index in [-0.39, 0.29) is 11.4 Å². The van der Waals surface area contributed by atoms with Gasteiger partial charge in [-0.15, -0.1) is 0 Å². The predicted octanol–water partition coefficient (Wildman–Crippen LogP) is 6.07. The largest absolute Gasteiger partial charge is 0.490 e. The van der Waals surface area contributed by atoms with Gasteiger partial charge in [0.2, 0.25) is 0 Å². The average Bonchev–Trinajstić information content (AvgIpc) is 3.07. The van der Waals surface area contributed by atoms with Crippen LogP contribution < -0.4 is 25.1 Å². The van der Waals surface area contributed by atoms with Crippen molar-refractivity contribution in [3.8, 4) is 11.5 Å². The lowest BCUT2D eigenvalue weighted by molar-refractivity contribution is -0.117. The number of nitrogens with one attached hydrogen (secondary N) is 2. The molecule has 0 heterocycles. The number of benzene rings is 4. The Bertz CT molecular complexity index is 1650. The highest BCUT2D eigenvalue weighted by molar-refractivity contribution is 6.05. The number of rotatable bonds is 13. The van der Waals surface area contributed by atoms with Crippen molar-refractivity contribution in [3.05, 3.63) is 131 Å². The van der Waals surface area contributed by atoms with Gasteiger partial charge in [-0.25, -0.2) is 10.2 Å². The van der Waals surface area contributed by atoms with Crippen molar-refractivity contribution >= 4 is 35.8 Å². The first kappa shape index (κ1) is 32.2. The van der Waals surface area contributed by atoms with E-state index >= 15 is 0 Å². The molecule has 4 aromatic rings. The summed E-state index contributed by atoms with van der Waals surface area (Å²) in [5, 5.41) is 6.81. The van der Waals surface area contributed by atoms with Crippen molar-refractivity contribution in [3.63, 3.8) is 0 Å². The Morgan fingerprint density at radius 2 is 1.38 bits per heavy atom. The molecule has 4 rings (SSSR count). The lowest BCUT2D eigenvalue weighted by Gasteiger charge is -2.21. The number of hydrazone groups is 1. The fourth-order valence-electron chi connectivity index (χ4n) is 4.40. The first-order valence-electron chi connectivity index (χ1n) is 14.7. The minimum atomic E-state index is -0.609. The van der Waals surface area contributed by atoms with Crippen LogP contribution in [-0.2, 0) is 4.79 Å². The van der Waals surface area contributed by atoms with Crippen LogP contribution in [0, 0.1) is 0 Å². The number of anilines is 1. The minimum absolute atomic E-state index is 0.0229. The summed E-state index contributed by atoms with van der Waals surface area (Å²) in [5.41, 5.74) is 5.72. The molecule has 4 aromatic carbocycles. The van der Waals surface area contributed by atoms with Gasteiger partial charge in [0.25, 0.3) is 11.8 Å². The smallest absolute Gasteiger partial charge is 0.343 e. The van der Waals surface area contributed by atoms with Gasteiger partial charge in [0.15, 0.2) is 11.5 Å². The molecule has 0 aliphatic heterocycles. The molecule has 0 saturated heterocycles. The summed E-state index contributed by atoms with van der Waals surface area (Å²) in [6.07, 6.45) is 3.03. The molecule has 2 amide bonds. The molecule has 0 bridgehead atoms. The van der Waals surface area contributed by atoms with E-state index in [1.165, 1.54) is 6.21 Å². The molecule has 0 atom stereocenters. The zero-order valence-electron chi connectivity index (χ0n) is 25.5. The molecular weight excluding hydrogens is 568 g/mol. The lowest BCUT2D eigenvalue weighted by Crippen LogP contribution is -2.32. The molecule has 2 N–H and O–H groups in total. The number of carbonyl (C=O) groups is 3. The topological polar surface area (TPSA) is 109 Å². The van der Waals surface area contributed by atoms with Crippen LogP contribution in [0.25, 0.3) is 6.08 Å². The maximum absolute atomic E-state index is 13.3. The van der Waals surface area contributed by atoms with Crippen molar-refractivity contribution in [1.82, 2.24) is 10.7 Å². The van der Waals surface area contributed by atoms with Gasteiger partial charge in [-0.3, -0.25) is 9.59 Å². The minimum Gasteiger partial charge on any atom is -0.490 e. The van der Waals surface area contributed by atoms with E-state index in [2.05, 4.69) is 34.6 Å². The van der Waals surface area contributed by atoms with E-state index in [1.807, 2.05) is 43.3 Å². The number of nitrogens with zero attached hydrogens (tertiary/aromatic N) is 2. The Kier molecular flexibility index (Phi) is 11.6. The second kappa shape index (κ2) is 16.2. The van der Waals surface area contributed by atoms with Crippen molar-refractivity contribution in [2.24, 2.45) is 5.10 Å². The fourth-order valence-corrected chi connectivity index (χ4v) is 4.40. The second-order valence-electron chi connectivity index (χ2n) is 9.74. The van der Waals surface area contributed by atoms with Crippen LogP contribution in [0.4, 0.5) is 5.69 Å². The Balaban J connectivity index is 1.51. The first-order valence-corrected chi connectivity index (χ1v) is 14.7. The summed E-state index contributed by atoms with van der Waals surface area (Å²) in [6.45, 7) is 8.09. The molecule has 0 saturated carbocycles. The SMILES string of the molecule is CCOc1cc(/C=N/NC(=O)/C(=C\c2ccc(N(CC)CC)cc2)NC(=O)c2ccccc2)ccc1OC(=O)c1ccccc1. The van der Waals surface area contributed by atoms with Crippen LogP contribution in [0.3, 0.4) is 0 Å². The summed E-state index contributed by atoms with van der Waals surface area (Å²) in [6, 6.07) is 29.9. The third-order valence-electron chi connectivity index (χ3n) is 6.72. The molecule has 9 heteroatoms. The summed E-state index contributed by atoms with van der Waals surface area (Å²) >= 11 is 0. The third kappa shape index (κ3) is 9.14. The van der Waals surface area contributed by atoms with E-state index in [4.69, 9.17) is 9.47 Å². The van der Waals surface area contributed by atoms with Gasteiger partial charge in [0, 0.05) is 24.3 Å². The van der Waals surface area contributed by atoms with Crippen LogP contribution in [0.5, 0.6) is 11.5 Å². The fraction of sp³-hybridized carbons (Fsp3) is 0.167. The van der Waals surface area contributed by atoms with Gasteiger partial charge in [-0.1, -0.05) is 48.5 Å². The van der Waals surface area contributed by atoms with E-state index in [9.17, 15) is 14.4 Å². The van der Waals surface area contributed by atoms with Crippen LogP contribution >= 0.6 is 0 Å². The summed E-state index contributed by atoms with van der Waals surface area (Å²) < 4.78 is 11.2. The van der Waals surface area contributed by atoms with Crippen molar-refractivity contribution in [2.75, 3.05) is 24.6 Å². The zero-order valence-corrected chi connectivity index (χ0v) is 25.5. The quantitative estimate of drug-likeness (QED) is 0.0630. The number of amides is 2. The number of hydrogen-bond donors (Lipinski definition) is 2. The Morgan fingerprint density at radius 1 is 0.756 bits per heavy atom. The van der Waals surface area contributed by atoms with Crippen LogP contribution in [0.2, 0.25) is 0 Å². The molecule has 0 aromatic heterocycles. The van der Waals surface area contributed by atoms with Gasteiger partial charge in [-0.2, -0.15) is 5.10 Å². The number of ether oxygens (including phenoxy) is 2. The Morgan fingerprint density at radius 3 is 2.00 bits per heavy atom. The van der Waals surface area contributed by atoms with Crippen LogP contribution in [-0.4, -0.2) is 43.7 Å². The van der Waals surface area contributed by atoms with E-state index < -0.39 is 17.8 Å². The monoisotopic (exact) mass is 604 g/mol. The van der Waals surface area contributed by atoms with Gasteiger partial charge < -0.3 is 19.7 Å². The number of hydrogen-bond acceptors (Lipinski definition) is 7. The number of esters is 1. The normalized spacial score (nSPS) is 11.1. The van der Waals surface area contributed by atoms with Crippen molar-refractivity contribution < 1.29 is 23.9 Å². The summed E-state index contributed by atoms with van der Waals surface area (Å²) in [7, 11) is 0. The highest BCUT2D eigenvalue weighted by Crippen LogP contribution is 2.29. The molecule has 0 spiro atoms. The van der Waals surface area contributed by atoms with Crippen molar-refractivity contribution in [2.45, 2.75) is 20.8 Å². The standard InChI is InChI=1S/C36H36N4O5/c1-4-40(5-2)30-20-17-26(18-21-30)23-31(38-34(41)28-13-9-7-10-14-28)35(42)39-37-25-27-19-22-32(33(24-27)44-6-3)45-36(43)29-15-11-8-12-16-29/h7-25H,4-6H2,1-3H3,(H,38,41)(H,39,42)/b31-23+,37-25+. The molecule has 9 nitrogen and oxygen atoms in total. The third-order valence-corrected chi connectivity index (χ3v) is 6.72. The molecule has 0 fully saturated rings. The molecule has 0 unspecified atom stereocenters. The van der Waals surface area contributed by atoms with Gasteiger partial charge in [0.1, 0.15) is 5.70 Å². The average molecular weight is 605 g/mol. The zero-order chi connectivity index (χ0) is 32.0. The molecular formula is C36H36N4O5. The molecule has 0 radical (unpaired) electrons.